The highest BCUT2D eigenvalue weighted by molar-refractivity contribution is 9.10. The fourth-order valence-corrected chi connectivity index (χ4v) is 3.69. The molecule has 1 N–H and O–H groups in total. The van der Waals surface area contributed by atoms with Crippen LogP contribution in [0.15, 0.2) is 53.1 Å². The van der Waals surface area contributed by atoms with Gasteiger partial charge in [0.1, 0.15) is 19.0 Å². The summed E-state index contributed by atoms with van der Waals surface area (Å²) in [6.45, 7) is 1.47. The molecular weight excluding hydrogens is 446 g/mol. The van der Waals surface area contributed by atoms with Gasteiger partial charge in [0.05, 0.1) is 24.2 Å². The van der Waals surface area contributed by atoms with E-state index in [4.69, 9.17) is 21.1 Å². The molecule has 0 saturated heterocycles. The minimum absolute atomic E-state index is 0.163. The highest BCUT2D eigenvalue weighted by Crippen LogP contribution is 2.38. The third-order valence-corrected chi connectivity index (χ3v) is 5.34. The zero-order valence-electron chi connectivity index (χ0n) is 14.8. The van der Waals surface area contributed by atoms with E-state index in [0.717, 1.165) is 15.6 Å². The molecule has 0 atom stereocenters. The van der Waals surface area contributed by atoms with Gasteiger partial charge < -0.3 is 14.8 Å². The van der Waals surface area contributed by atoms with Crippen molar-refractivity contribution >= 4 is 39.3 Å². The predicted molar refractivity (Wildman–Crippen MR) is 110 cm³/mol. The molecule has 1 aromatic heterocycles. The summed E-state index contributed by atoms with van der Waals surface area (Å²) in [6, 6.07) is 13.2. The van der Waals surface area contributed by atoms with Crippen LogP contribution in [0.1, 0.15) is 11.1 Å². The van der Waals surface area contributed by atoms with Gasteiger partial charge in [-0.25, -0.2) is 4.68 Å². The number of ether oxygens (including phenoxy) is 2. The predicted octanol–water partition coefficient (Wildman–Crippen LogP) is 4.30. The summed E-state index contributed by atoms with van der Waals surface area (Å²) < 4.78 is 13.8. The van der Waals surface area contributed by atoms with Gasteiger partial charge >= 0.3 is 0 Å². The molecule has 1 aliphatic rings. The molecule has 0 fully saturated rings. The van der Waals surface area contributed by atoms with Gasteiger partial charge in [-0.2, -0.15) is 5.10 Å². The minimum atomic E-state index is -0.165. The number of carbonyl (C=O) groups excluding carboxylic acids is 1. The fraction of sp³-hybridized carbons (Fsp3) is 0.200. The van der Waals surface area contributed by atoms with Crippen LogP contribution in [-0.4, -0.2) is 28.9 Å². The molecular formula is C20H17BrClN3O3. The van der Waals surface area contributed by atoms with E-state index in [1.807, 2.05) is 24.3 Å². The first-order valence-corrected chi connectivity index (χ1v) is 9.90. The minimum Gasteiger partial charge on any atom is -0.486 e. The van der Waals surface area contributed by atoms with E-state index in [1.165, 1.54) is 0 Å². The molecule has 0 bridgehead atoms. The van der Waals surface area contributed by atoms with Crippen LogP contribution < -0.4 is 14.8 Å². The average Bonchev–Trinajstić information content (AvgIpc) is 3.10. The highest BCUT2D eigenvalue weighted by atomic mass is 79.9. The van der Waals surface area contributed by atoms with Crippen LogP contribution in [0.2, 0.25) is 5.02 Å². The van der Waals surface area contributed by atoms with E-state index >= 15 is 0 Å². The number of anilines is 1. The highest BCUT2D eigenvalue weighted by Gasteiger charge is 2.18. The van der Waals surface area contributed by atoms with Gasteiger partial charge in [0.2, 0.25) is 5.91 Å². The first kappa shape index (κ1) is 18.8. The van der Waals surface area contributed by atoms with Crippen LogP contribution in [0, 0.1) is 0 Å². The number of hydrogen-bond donors (Lipinski definition) is 1. The quantitative estimate of drug-likeness (QED) is 0.614. The van der Waals surface area contributed by atoms with Gasteiger partial charge in [-0.3, -0.25) is 4.79 Å². The summed E-state index contributed by atoms with van der Waals surface area (Å²) in [5.41, 5.74) is 1.82. The van der Waals surface area contributed by atoms with E-state index in [0.29, 0.717) is 42.1 Å². The second-order valence-electron chi connectivity index (χ2n) is 6.29. The van der Waals surface area contributed by atoms with Crippen LogP contribution in [-0.2, 0) is 17.8 Å². The molecule has 28 heavy (non-hydrogen) atoms. The molecule has 0 aliphatic carbocycles. The second-order valence-corrected chi connectivity index (χ2v) is 7.55. The van der Waals surface area contributed by atoms with Crippen molar-refractivity contribution in [3.63, 3.8) is 0 Å². The van der Waals surface area contributed by atoms with Crippen molar-refractivity contribution < 1.29 is 14.3 Å². The van der Waals surface area contributed by atoms with E-state index < -0.39 is 0 Å². The largest absolute Gasteiger partial charge is 0.486 e. The lowest BCUT2D eigenvalue weighted by molar-refractivity contribution is -0.115. The van der Waals surface area contributed by atoms with Crippen LogP contribution in [0.5, 0.6) is 11.5 Å². The van der Waals surface area contributed by atoms with Gasteiger partial charge in [0.15, 0.2) is 11.5 Å². The summed E-state index contributed by atoms with van der Waals surface area (Å²) in [5.74, 6) is 1.56. The maximum atomic E-state index is 12.6. The van der Waals surface area contributed by atoms with E-state index in [2.05, 4.69) is 26.3 Å². The lowest BCUT2D eigenvalue weighted by atomic mass is 10.1. The van der Waals surface area contributed by atoms with Gasteiger partial charge in [-0.1, -0.05) is 45.7 Å². The summed E-state index contributed by atoms with van der Waals surface area (Å²) >= 11 is 9.78. The standard InChI is InChI=1S/C20H17BrClN3O3/c21-15-4-2-1-3-14(15)12-25-18(5-6-23-25)24-19(26)11-13-9-16(22)20-17(10-13)27-7-8-28-20/h1-6,9-10H,7-8,11-12H2,(H,24,26). The number of amides is 1. The molecule has 3 aromatic rings. The Kier molecular flexibility index (Phi) is 5.54. The first-order chi connectivity index (χ1) is 13.6. The van der Waals surface area contributed by atoms with Gasteiger partial charge in [-0.05, 0) is 29.3 Å². The number of hydrogen-bond acceptors (Lipinski definition) is 4. The van der Waals surface area contributed by atoms with E-state index in [-0.39, 0.29) is 12.3 Å². The van der Waals surface area contributed by atoms with Crippen molar-refractivity contribution in [1.29, 1.82) is 0 Å². The summed E-state index contributed by atoms with van der Waals surface area (Å²) in [4.78, 5) is 12.6. The van der Waals surface area contributed by atoms with E-state index in [1.54, 1.807) is 29.1 Å². The molecule has 0 radical (unpaired) electrons. The zero-order valence-corrected chi connectivity index (χ0v) is 17.2. The van der Waals surface area contributed by atoms with Crippen LogP contribution in [0.4, 0.5) is 5.82 Å². The molecule has 8 heteroatoms. The van der Waals surface area contributed by atoms with Gasteiger partial charge in [0, 0.05) is 10.5 Å². The maximum Gasteiger partial charge on any atom is 0.229 e. The number of carbonyl (C=O) groups is 1. The molecule has 2 heterocycles. The number of rotatable bonds is 5. The first-order valence-electron chi connectivity index (χ1n) is 8.73. The number of nitrogens with zero attached hydrogens (tertiary/aromatic N) is 2. The molecule has 0 spiro atoms. The van der Waals surface area contributed by atoms with E-state index in [9.17, 15) is 4.79 Å². The molecule has 4 rings (SSSR count). The Morgan fingerprint density at radius 3 is 2.89 bits per heavy atom. The number of fused-ring (bicyclic) bond motifs is 1. The molecule has 0 unspecified atom stereocenters. The number of halogens is 2. The number of nitrogens with one attached hydrogen (secondary N) is 1. The Balaban J connectivity index is 1.46. The molecule has 1 aliphatic heterocycles. The van der Waals surface area contributed by atoms with Crippen molar-refractivity contribution in [1.82, 2.24) is 9.78 Å². The Hall–Kier alpha value is -2.51. The maximum absolute atomic E-state index is 12.6. The summed E-state index contributed by atoms with van der Waals surface area (Å²) in [5, 5.41) is 7.66. The summed E-state index contributed by atoms with van der Waals surface area (Å²) in [7, 11) is 0. The van der Waals surface area contributed by atoms with Gasteiger partial charge in [0.25, 0.3) is 0 Å². The molecule has 0 saturated carbocycles. The van der Waals surface area contributed by atoms with Crippen LogP contribution in [0.3, 0.4) is 0 Å². The Bertz CT molecular complexity index is 1020. The Morgan fingerprint density at radius 2 is 2.04 bits per heavy atom. The zero-order chi connectivity index (χ0) is 19.5. The third-order valence-electron chi connectivity index (χ3n) is 4.28. The third kappa shape index (κ3) is 4.15. The molecule has 6 nitrogen and oxygen atoms in total. The second kappa shape index (κ2) is 8.24. The molecule has 1 amide bonds. The van der Waals surface area contributed by atoms with Crippen molar-refractivity contribution in [2.24, 2.45) is 0 Å². The summed E-state index contributed by atoms with van der Waals surface area (Å²) in [6.07, 6.45) is 1.82. The van der Waals surface area contributed by atoms with Crippen molar-refractivity contribution in [3.05, 3.63) is 69.3 Å². The molecule has 144 valence electrons. The Morgan fingerprint density at radius 1 is 1.21 bits per heavy atom. The van der Waals surface area contributed by atoms with Crippen molar-refractivity contribution in [2.75, 3.05) is 18.5 Å². The number of benzene rings is 2. The smallest absolute Gasteiger partial charge is 0.229 e. The topological polar surface area (TPSA) is 65.4 Å². The van der Waals surface area contributed by atoms with Crippen LogP contribution in [0.25, 0.3) is 0 Å². The normalized spacial score (nSPS) is 12.6. The number of aromatic nitrogens is 2. The Labute approximate surface area is 175 Å². The van der Waals surface area contributed by atoms with Crippen molar-refractivity contribution in [3.8, 4) is 11.5 Å². The van der Waals surface area contributed by atoms with Crippen LogP contribution >= 0.6 is 27.5 Å². The average molecular weight is 463 g/mol. The molecule has 2 aromatic carbocycles. The fourth-order valence-electron chi connectivity index (χ4n) is 2.99. The SMILES string of the molecule is O=C(Cc1cc(Cl)c2c(c1)OCCO2)Nc1ccnn1Cc1ccccc1Br. The van der Waals surface area contributed by atoms with Gasteiger partial charge in [-0.15, -0.1) is 0 Å². The van der Waals surface area contributed by atoms with Crippen molar-refractivity contribution in [2.45, 2.75) is 13.0 Å². The lowest BCUT2D eigenvalue weighted by Crippen LogP contribution is -2.19. The lowest BCUT2D eigenvalue weighted by Gasteiger charge is -2.20. The monoisotopic (exact) mass is 461 g/mol.